The number of rotatable bonds is 4. The van der Waals surface area contributed by atoms with Gasteiger partial charge in [0.2, 0.25) is 5.88 Å². The minimum absolute atomic E-state index is 0.546. The van der Waals surface area contributed by atoms with Gasteiger partial charge in [-0.3, -0.25) is 4.79 Å². The van der Waals surface area contributed by atoms with Gasteiger partial charge < -0.3 is 9.47 Å². The molecule has 0 N–H and O–H groups in total. The Kier molecular flexibility index (Phi) is 3.57. The number of nitrogens with zero attached hydrogens (tertiary/aromatic N) is 1. The van der Waals surface area contributed by atoms with E-state index < -0.39 is 0 Å². The third kappa shape index (κ3) is 2.32. The fourth-order valence-electron chi connectivity index (χ4n) is 1.68. The molecule has 0 radical (unpaired) electrons. The summed E-state index contributed by atoms with van der Waals surface area (Å²) in [6.45, 7) is 0. The van der Waals surface area contributed by atoms with Crippen molar-refractivity contribution in [1.29, 1.82) is 0 Å². The van der Waals surface area contributed by atoms with Crippen LogP contribution in [0.1, 0.15) is 10.4 Å². The van der Waals surface area contributed by atoms with E-state index in [1.165, 1.54) is 0 Å². The Bertz CT molecular complexity index is 549. The summed E-state index contributed by atoms with van der Waals surface area (Å²) in [5.41, 5.74) is 2.30. The summed E-state index contributed by atoms with van der Waals surface area (Å²) in [5.74, 6) is 1.25. The topological polar surface area (TPSA) is 48.4 Å². The van der Waals surface area contributed by atoms with Crippen molar-refractivity contribution in [1.82, 2.24) is 4.98 Å². The third-order valence-corrected chi connectivity index (χ3v) is 2.62. The van der Waals surface area contributed by atoms with Crippen LogP contribution in [0.3, 0.4) is 0 Å². The van der Waals surface area contributed by atoms with E-state index >= 15 is 0 Å². The SMILES string of the molecule is COc1ccc(-c2cc(C=O)ccc2OC)cn1. The molecule has 1 aromatic carbocycles. The number of aldehydes is 1. The number of carbonyl (C=O) groups is 1. The van der Waals surface area contributed by atoms with Crippen molar-refractivity contribution in [2.75, 3.05) is 14.2 Å². The van der Waals surface area contributed by atoms with E-state index in [9.17, 15) is 4.79 Å². The van der Waals surface area contributed by atoms with E-state index in [1.54, 1.807) is 44.7 Å². The smallest absolute Gasteiger partial charge is 0.212 e. The molecule has 4 nitrogen and oxygen atoms in total. The lowest BCUT2D eigenvalue weighted by Crippen LogP contribution is -1.92. The number of ether oxygens (including phenoxy) is 2. The molecule has 0 aliphatic rings. The molecule has 92 valence electrons. The Morgan fingerprint density at radius 1 is 1.11 bits per heavy atom. The van der Waals surface area contributed by atoms with Crippen molar-refractivity contribution in [3.63, 3.8) is 0 Å². The van der Waals surface area contributed by atoms with Crippen LogP contribution in [0.15, 0.2) is 36.5 Å². The van der Waals surface area contributed by atoms with Crippen molar-refractivity contribution in [2.45, 2.75) is 0 Å². The molecule has 0 saturated carbocycles. The Morgan fingerprint density at radius 2 is 1.94 bits per heavy atom. The lowest BCUT2D eigenvalue weighted by Gasteiger charge is -2.09. The highest BCUT2D eigenvalue weighted by molar-refractivity contribution is 5.81. The van der Waals surface area contributed by atoms with E-state index in [0.717, 1.165) is 17.4 Å². The molecule has 0 fully saturated rings. The number of aromatic nitrogens is 1. The van der Waals surface area contributed by atoms with Crippen LogP contribution < -0.4 is 9.47 Å². The van der Waals surface area contributed by atoms with E-state index in [4.69, 9.17) is 9.47 Å². The van der Waals surface area contributed by atoms with Gasteiger partial charge in [-0.2, -0.15) is 0 Å². The number of hydrogen-bond donors (Lipinski definition) is 0. The molecule has 1 heterocycles. The first-order valence-electron chi connectivity index (χ1n) is 5.42. The van der Waals surface area contributed by atoms with Crippen LogP contribution in [0.5, 0.6) is 11.6 Å². The second kappa shape index (κ2) is 5.31. The molecule has 0 atom stereocenters. The van der Waals surface area contributed by atoms with E-state index in [0.29, 0.717) is 17.2 Å². The predicted octanol–water partition coefficient (Wildman–Crippen LogP) is 2.58. The second-order valence-corrected chi connectivity index (χ2v) is 3.67. The Morgan fingerprint density at radius 3 is 2.50 bits per heavy atom. The number of methoxy groups -OCH3 is 2. The standard InChI is InChI=1S/C14H13NO3/c1-17-13-5-3-10(9-16)7-12(13)11-4-6-14(18-2)15-8-11/h3-9H,1-2H3. The van der Waals surface area contributed by atoms with Crippen LogP contribution in [0.4, 0.5) is 0 Å². The molecule has 18 heavy (non-hydrogen) atoms. The van der Waals surface area contributed by atoms with Gasteiger partial charge in [0.05, 0.1) is 14.2 Å². The van der Waals surface area contributed by atoms with E-state index in [2.05, 4.69) is 4.98 Å². The Labute approximate surface area is 105 Å². The largest absolute Gasteiger partial charge is 0.496 e. The van der Waals surface area contributed by atoms with Crippen molar-refractivity contribution in [2.24, 2.45) is 0 Å². The predicted molar refractivity (Wildman–Crippen MR) is 68.2 cm³/mol. The first-order valence-corrected chi connectivity index (χ1v) is 5.42. The molecule has 0 aliphatic carbocycles. The van der Waals surface area contributed by atoms with Gasteiger partial charge in [-0.1, -0.05) is 0 Å². The van der Waals surface area contributed by atoms with E-state index in [1.807, 2.05) is 6.07 Å². The maximum Gasteiger partial charge on any atom is 0.212 e. The summed E-state index contributed by atoms with van der Waals surface area (Å²) < 4.78 is 10.3. The van der Waals surface area contributed by atoms with Gasteiger partial charge in [-0.15, -0.1) is 0 Å². The van der Waals surface area contributed by atoms with Gasteiger partial charge in [-0.05, 0) is 24.3 Å². The monoisotopic (exact) mass is 243 g/mol. The Balaban J connectivity index is 2.49. The van der Waals surface area contributed by atoms with Crippen LogP contribution in [-0.2, 0) is 0 Å². The van der Waals surface area contributed by atoms with Crippen molar-refractivity contribution >= 4 is 6.29 Å². The zero-order chi connectivity index (χ0) is 13.0. The van der Waals surface area contributed by atoms with Gasteiger partial charge >= 0.3 is 0 Å². The number of hydrogen-bond acceptors (Lipinski definition) is 4. The average molecular weight is 243 g/mol. The molecule has 0 amide bonds. The Hall–Kier alpha value is -2.36. The number of benzene rings is 1. The molecular weight excluding hydrogens is 230 g/mol. The molecule has 0 saturated heterocycles. The first-order chi connectivity index (χ1) is 8.78. The van der Waals surface area contributed by atoms with Gasteiger partial charge in [-0.25, -0.2) is 4.98 Å². The molecule has 0 aliphatic heterocycles. The van der Waals surface area contributed by atoms with Gasteiger partial charge in [0.1, 0.15) is 12.0 Å². The van der Waals surface area contributed by atoms with Crippen LogP contribution in [0, 0.1) is 0 Å². The normalized spacial score (nSPS) is 9.89. The zero-order valence-electron chi connectivity index (χ0n) is 10.2. The average Bonchev–Trinajstić information content (AvgIpc) is 2.46. The first kappa shape index (κ1) is 12.1. The quantitative estimate of drug-likeness (QED) is 0.774. The summed E-state index contributed by atoms with van der Waals surface area (Å²) in [6, 6.07) is 8.89. The molecule has 2 aromatic rings. The molecule has 0 spiro atoms. The third-order valence-electron chi connectivity index (χ3n) is 2.62. The maximum atomic E-state index is 10.8. The van der Waals surface area contributed by atoms with Crippen LogP contribution in [0.2, 0.25) is 0 Å². The minimum Gasteiger partial charge on any atom is -0.496 e. The maximum absolute atomic E-state index is 10.8. The fourth-order valence-corrected chi connectivity index (χ4v) is 1.68. The zero-order valence-corrected chi connectivity index (χ0v) is 10.2. The van der Waals surface area contributed by atoms with Crippen molar-refractivity contribution in [3.05, 3.63) is 42.1 Å². The van der Waals surface area contributed by atoms with Crippen molar-refractivity contribution < 1.29 is 14.3 Å². The lowest BCUT2D eigenvalue weighted by molar-refractivity contribution is 0.112. The highest BCUT2D eigenvalue weighted by atomic mass is 16.5. The van der Waals surface area contributed by atoms with Crippen LogP contribution in [-0.4, -0.2) is 25.5 Å². The highest BCUT2D eigenvalue weighted by Gasteiger charge is 2.07. The lowest BCUT2D eigenvalue weighted by atomic mass is 10.0. The van der Waals surface area contributed by atoms with Gasteiger partial charge in [0.15, 0.2) is 0 Å². The molecule has 1 aromatic heterocycles. The second-order valence-electron chi connectivity index (χ2n) is 3.67. The summed E-state index contributed by atoms with van der Waals surface area (Å²) in [7, 11) is 3.16. The summed E-state index contributed by atoms with van der Waals surface area (Å²) in [6.07, 6.45) is 2.49. The molecule has 0 bridgehead atoms. The van der Waals surface area contributed by atoms with Crippen molar-refractivity contribution in [3.8, 4) is 22.8 Å². The minimum atomic E-state index is 0.546. The summed E-state index contributed by atoms with van der Waals surface area (Å²) in [5, 5.41) is 0. The summed E-state index contributed by atoms with van der Waals surface area (Å²) >= 11 is 0. The summed E-state index contributed by atoms with van der Waals surface area (Å²) in [4.78, 5) is 15.0. The molecule has 2 rings (SSSR count). The molecule has 4 heteroatoms. The molecule has 0 unspecified atom stereocenters. The van der Waals surface area contributed by atoms with Gasteiger partial charge in [0.25, 0.3) is 0 Å². The molecular formula is C14H13NO3. The number of carbonyl (C=O) groups excluding carboxylic acids is 1. The van der Waals surface area contributed by atoms with Gasteiger partial charge in [0, 0.05) is 29.0 Å². The van der Waals surface area contributed by atoms with Crippen LogP contribution in [0.25, 0.3) is 11.1 Å². The van der Waals surface area contributed by atoms with E-state index in [-0.39, 0.29) is 0 Å². The highest BCUT2D eigenvalue weighted by Crippen LogP contribution is 2.30. The fraction of sp³-hybridized carbons (Fsp3) is 0.143. The van der Waals surface area contributed by atoms with Crippen LogP contribution >= 0.6 is 0 Å². The number of pyridine rings is 1.